The molecule has 0 atom stereocenters. The van der Waals surface area contributed by atoms with E-state index in [1.807, 2.05) is 31.2 Å². The molecule has 0 aliphatic rings. The number of benzene rings is 1. The van der Waals surface area contributed by atoms with E-state index in [1.54, 1.807) is 3.59 Å². The molecular formula is C9H8BrNO. The number of nitrogens with zero attached hydrogens (tertiary/aromatic N) is 1. The van der Waals surface area contributed by atoms with Gasteiger partial charge in [0.1, 0.15) is 0 Å². The molecule has 1 N–H and O–H groups in total. The van der Waals surface area contributed by atoms with E-state index < -0.39 is 0 Å². The van der Waals surface area contributed by atoms with Gasteiger partial charge in [-0.15, -0.1) is 0 Å². The van der Waals surface area contributed by atoms with E-state index in [0.717, 1.165) is 16.5 Å². The van der Waals surface area contributed by atoms with E-state index in [9.17, 15) is 5.11 Å². The van der Waals surface area contributed by atoms with Crippen molar-refractivity contribution >= 4 is 27.1 Å². The van der Waals surface area contributed by atoms with Gasteiger partial charge in [0.05, 0.1) is 21.7 Å². The molecule has 3 heteroatoms. The van der Waals surface area contributed by atoms with Crippen molar-refractivity contribution in [2.24, 2.45) is 0 Å². The highest BCUT2D eigenvalue weighted by atomic mass is 79.9. The smallest absolute Gasteiger partial charge is 0.205 e. The molecule has 2 nitrogen and oxygen atoms in total. The van der Waals surface area contributed by atoms with Crippen LogP contribution in [-0.2, 0) is 0 Å². The first-order valence-corrected chi connectivity index (χ1v) is 4.38. The Morgan fingerprint density at radius 2 is 2.00 bits per heavy atom. The SMILES string of the molecule is Cc1c(O)n(Br)c2ccccc12. The van der Waals surface area contributed by atoms with Crippen molar-refractivity contribution in [2.45, 2.75) is 6.92 Å². The van der Waals surface area contributed by atoms with Crippen LogP contribution in [0.1, 0.15) is 5.56 Å². The van der Waals surface area contributed by atoms with E-state index >= 15 is 0 Å². The lowest BCUT2D eigenvalue weighted by molar-refractivity contribution is 0.450. The highest BCUT2D eigenvalue weighted by Crippen LogP contribution is 2.31. The maximum Gasteiger partial charge on any atom is 0.205 e. The Balaban J connectivity index is 2.99. The standard InChI is InChI=1S/C9H8BrNO/c1-6-7-4-2-3-5-8(7)11(10)9(6)12/h2-5,12H,1H3. The Morgan fingerprint density at radius 3 is 2.67 bits per heavy atom. The largest absolute Gasteiger partial charge is 0.494 e. The summed E-state index contributed by atoms with van der Waals surface area (Å²) >= 11 is 3.27. The number of aromatic nitrogens is 1. The minimum absolute atomic E-state index is 0.274. The molecular weight excluding hydrogens is 218 g/mol. The van der Waals surface area contributed by atoms with Crippen LogP contribution in [0.5, 0.6) is 5.88 Å². The van der Waals surface area contributed by atoms with Crippen molar-refractivity contribution in [3.05, 3.63) is 29.8 Å². The molecule has 1 heterocycles. The molecule has 0 fully saturated rings. The molecule has 0 radical (unpaired) electrons. The van der Waals surface area contributed by atoms with Gasteiger partial charge in [-0.2, -0.15) is 0 Å². The molecule has 0 unspecified atom stereocenters. The molecule has 62 valence electrons. The summed E-state index contributed by atoms with van der Waals surface area (Å²) in [5.41, 5.74) is 1.90. The summed E-state index contributed by atoms with van der Waals surface area (Å²) in [7, 11) is 0. The van der Waals surface area contributed by atoms with E-state index in [2.05, 4.69) is 16.1 Å². The van der Waals surface area contributed by atoms with Crippen LogP contribution < -0.4 is 0 Å². The fourth-order valence-corrected chi connectivity index (χ4v) is 1.92. The minimum Gasteiger partial charge on any atom is -0.494 e. The number of rotatable bonds is 0. The fraction of sp³-hybridized carbons (Fsp3) is 0.111. The Bertz CT molecular complexity index is 394. The number of aryl methyl sites for hydroxylation is 1. The zero-order chi connectivity index (χ0) is 8.72. The topological polar surface area (TPSA) is 25.2 Å². The average Bonchev–Trinajstić information content (AvgIpc) is 2.33. The second kappa shape index (κ2) is 2.52. The molecule has 0 aliphatic heterocycles. The zero-order valence-electron chi connectivity index (χ0n) is 6.58. The first kappa shape index (κ1) is 7.68. The van der Waals surface area contributed by atoms with Gasteiger partial charge in [0.25, 0.3) is 0 Å². The Morgan fingerprint density at radius 1 is 1.33 bits per heavy atom. The predicted octanol–water partition coefficient (Wildman–Crippen LogP) is 2.81. The second-order valence-corrected chi connectivity index (χ2v) is 3.46. The second-order valence-electron chi connectivity index (χ2n) is 2.75. The molecule has 12 heavy (non-hydrogen) atoms. The molecule has 0 spiro atoms. The molecule has 1 aromatic carbocycles. The summed E-state index contributed by atoms with van der Waals surface area (Å²) in [5, 5.41) is 10.6. The van der Waals surface area contributed by atoms with Gasteiger partial charge in [-0.3, -0.25) is 0 Å². The van der Waals surface area contributed by atoms with Crippen LogP contribution in [0.2, 0.25) is 0 Å². The molecule has 2 aromatic rings. The summed E-state index contributed by atoms with van der Waals surface area (Å²) in [6.07, 6.45) is 0. The van der Waals surface area contributed by atoms with Crippen LogP contribution in [0, 0.1) is 6.92 Å². The lowest BCUT2D eigenvalue weighted by Gasteiger charge is -1.92. The monoisotopic (exact) mass is 225 g/mol. The van der Waals surface area contributed by atoms with Crippen LogP contribution in [0.15, 0.2) is 24.3 Å². The van der Waals surface area contributed by atoms with Gasteiger partial charge in [-0.25, -0.2) is 3.59 Å². The number of aromatic hydroxyl groups is 1. The van der Waals surface area contributed by atoms with Gasteiger partial charge in [0.2, 0.25) is 5.88 Å². The molecule has 0 amide bonds. The van der Waals surface area contributed by atoms with Gasteiger partial charge in [-0.05, 0) is 13.0 Å². The van der Waals surface area contributed by atoms with Crippen molar-refractivity contribution in [1.29, 1.82) is 0 Å². The van der Waals surface area contributed by atoms with Crippen molar-refractivity contribution in [3.8, 4) is 5.88 Å². The highest BCUT2D eigenvalue weighted by molar-refractivity contribution is 9.08. The zero-order valence-corrected chi connectivity index (χ0v) is 8.17. The van der Waals surface area contributed by atoms with Crippen LogP contribution >= 0.6 is 16.1 Å². The molecule has 0 saturated carbocycles. The van der Waals surface area contributed by atoms with Crippen molar-refractivity contribution in [2.75, 3.05) is 0 Å². The first-order chi connectivity index (χ1) is 5.72. The Kier molecular flexibility index (Phi) is 1.61. The van der Waals surface area contributed by atoms with Gasteiger partial charge in [0.15, 0.2) is 0 Å². The van der Waals surface area contributed by atoms with Gasteiger partial charge < -0.3 is 5.11 Å². The third kappa shape index (κ3) is 0.862. The molecule has 0 bridgehead atoms. The molecule has 1 aromatic heterocycles. The lowest BCUT2D eigenvalue weighted by Crippen LogP contribution is -1.75. The molecule has 0 aliphatic carbocycles. The highest BCUT2D eigenvalue weighted by Gasteiger charge is 2.09. The Labute approximate surface area is 78.8 Å². The fourth-order valence-electron chi connectivity index (χ4n) is 1.34. The van der Waals surface area contributed by atoms with Gasteiger partial charge in [0, 0.05) is 10.9 Å². The summed E-state index contributed by atoms with van der Waals surface area (Å²) in [6, 6.07) is 7.85. The lowest BCUT2D eigenvalue weighted by atomic mass is 10.2. The quantitative estimate of drug-likeness (QED) is 0.734. The third-order valence-electron chi connectivity index (χ3n) is 2.04. The van der Waals surface area contributed by atoms with Gasteiger partial charge >= 0.3 is 0 Å². The first-order valence-electron chi connectivity index (χ1n) is 3.67. The minimum atomic E-state index is 0.274. The van der Waals surface area contributed by atoms with Crippen LogP contribution in [-0.4, -0.2) is 8.70 Å². The third-order valence-corrected chi connectivity index (χ3v) is 2.76. The van der Waals surface area contributed by atoms with Crippen molar-refractivity contribution in [1.82, 2.24) is 3.59 Å². The van der Waals surface area contributed by atoms with Crippen molar-refractivity contribution in [3.63, 3.8) is 0 Å². The number of hydrogen-bond donors (Lipinski definition) is 1. The normalized spacial score (nSPS) is 10.8. The maximum atomic E-state index is 9.55. The summed E-state index contributed by atoms with van der Waals surface area (Å²) < 4.78 is 1.61. The van der Waals surface area contributed by atoms with Crippen LogP contribution in [0.3, 0.4) is 0 Å². The van der Waals surface area contributed by atoms with Gasteiger partial charge in [-0.1, -0.05) is 18.2 Å². The van der Waals surface area contributed by atoms with E-state index in [1.165, 1.54) is 0 Å². The summed E-state index contributed by atoms with van der Waals surface area (Å²) in [4.78, 5) is 0. The average molecular weight is 226 g/mol. The number of fused-ring (bicyclic) bond motifs is 1. The summed E-state index contributed by atoms with van der Waals surface area (Å²) in [5.74, 6) is 0.274. The van der Waals surface area contributed by atoms with E-state index in [0.29, 0.717) is 0 Å². The maximum absolute atomic E-state index is 9.55. The number of hydrogen-bond acceptors (Lipinski definition) is 1. The Hall–Kier alpha value is -0.960. The van der Waals surface area contributed by atoms with Crippen molar-refractivity contribution < 1.29 is 5.11 Å². The molecule has 0 saturated heterocycles. The number of para-hydroxylation sites is 1. The van der Waals surface area contributed by atoms with E-state index in [4.69, 9.17) is 0 Å². The predicted molar refractivity (Wildman–Crippen MR) is 52.7 cm³/mol. The summed E-state index contributed by atoms with van der Waals surface area (Å²) in [6.45, 7) is 1.90. The molecule has 2 rings (SSSR count). The van der Waals surface area contributed by atoms with Crippen LogP contribution in [0.4, 0.5) is 0 Å². The van der Waals surface area contributed by atoms with Crippen LogP contribution in [0.25, 0.3) is 10.9 Å². The van der Waals surface area contributed by atoms with E-state index in [-0.39, 0.29) is 5.88 Å². The number of halogens is 1.